The van der Waals surface area contributed by atoms with Crippen LogP contribution in [0.4, 0.5) is 0 Å². The molecule has 0 unspecified atom stereocenters. The second-order valence-electron chi connectivity index (χ2n) is 3.28. The zero-order chi connectivity index (χ0) is 11.8. The normalized spacial score (nSPS) is 9.25. The van der Waals surface area contributed by atoms with Gasteiger partial charge in [-0.3, -0.25) is 4.79 Å². The monoisotopic (exact) mass is 218 g/mol. The van der Waals surface area contributed by atoms with E-state index in [1.165, 1.54) is 0 Å². The summed E-state index contributed by atoms with van der Waals surface area (Å²) >= 11 is 0. The number of carbonyl (C=O) groups excluding carboxylic acids is 1. The van der Waals surface area contributed by atoms with Crippen LogP contribution >= 0.6 is 0 Å². The lowest BCUT2D eigenvalue weighted by atomic mass is 10.1. The third-order valence-corrected chi connectivity index (χ3v) is 2.16. The van der Waals surface area contributed by atoms with E-state index in [-0.39, 0.29) is 12.5 Å². The van der Waals surface area contributed by atoms with E-state index in [1.54, 1.807) is 7.11 Å². The zero-order valence-electron chi connectivity index (χ0n) is 9.19. The van der Waals surface area contributed by atoms with E-state index in [9.17, 15) is 4.79 Å². The molecule has 0 aliphatic carbocycles. The first-order valence-electron chi connectivity index (χ1n) is 5.03. The van der Waals surface area contributed by atoms with E-state index in [4.69, 9.17) is 10.00 Å². The Morgan fingerprint density at radius 3 is 2.69 bits per heavy atom. The molecule has 0 aliphatic rings. The van der Waals surface area contributed by atoms with Gasteiger partial charge in [-0.05, 0) is 24.1 Å². The van der Waals surface area contributed by atoms with Crippen molar-refractivity contribution in [3.63, 3.8) is 0 Å². The standard InChI is InChI=1S/C12H14N2O2/c1-16-11-5-2-10(3-6-11)4-7-12(15)14-9-8-13/h2-3,5-6H,4,7,9H2,1H3,(H,14,15). The Morgan fingerprint density at radius 2 is 2.12 bits per heavy atom. The summed E-state index contributed by atoms with van der Waals surface area (Å²) in [5.41, 5.74) is 1.08. The number of hydrogen-bond donors (Lipinski definition) is 1. The summed E-state index contributed by atoms with van der Waals surface area (Å²) in [5, 5.41) is 10.8. The highest BCUT2D eigenvalue weighted by atomic mass is 16.5. The van der Waals surface area contributed by atoms with Crippen LogP contribution in [0.3, 0.4) is 0 Å². The Balaban J connectivity index is 2.37. The van der Waals surface area contributed by atoms with Crippen molar-refractivity contribution >= 4 is 5.91 Å². The number of aryl methyl sites for hydroxylation is 1. The molecule has 4 heteroatoms. The van der Waals surface area contributed by atoms with Crippen molar-refractivity contribution in [2.24, 2.45) is 0 Å². The van der Waals surface area contributed by atoms with E-state index in [0.717, 1.165) is 11.3 Å². The van der Waals surface area contributed by atoms with Crippen molar-refractivity contribution in [1.82, 2.24) is 5.32 Å². The van der Waals surface area contributed by atoms with Crippen LogP contribution in [-0.4, -0.2) is 19.6 Å². The smallest absolute Gasteiger partial charge is 0.221 e. The van der Waals surface area contributed by atoms with E-state index in [0.29, 0.717) is 12.8 Å². The lowest BCUT2D eigenvalue weighted by Crippen LogP contribution is -2.23. The van der Waals surface area contributed by atoms with Gasteiger partial charge in [-0.2, -0.15) is 5.26 Å². The predicted octanol–water partition coefficient (Wildman–Crippen LogP) is 1.27. The summed E-state index contributed by atoms with van der Waals surface area (Å²) in [6.45, 7) is 0.0709. The maximum Gasteiger partial charge on any atom is 0.221 e. The Labute approximate surface area is 94.8 Å². The number of nitrogens with zero attached hydrogens (tertiary/aromatic N) is 1. The van der Waals surface area contributed by atoms with Crippen LogP contribution in [0.1, 0.15) is 12.0 Å². The van der Waals surface area contributed by atoms with Crippen molar-refractivity contribution in [3.8, 4) is 11.8 Å². The van der Waals surface area contributed by atoms with Gasteiger partial charge in [0.05, 0.1) is 13.2 Å². The fourth-order valence-electron chi connectivity index (χ4n) is 1.28. The predicted molar refractivity (Wildman–Crippen MR) is 59.9 cm³/mol. The molecule has 0 aromatic heterocycles. The van der Waals surface area contributed by atoms with Gasteiger partial charge in [0.25, 0.3) is 0 Å². The molecule has 0 fully saturated rings. The molecule has 0 heterocycles. The minimum atomic E-state index is -0.0997. The van der Waals surface area contributed by atoms with Gasteiger partial charge in [0.2, 0.25) is 5.91 Å². The number of methoxy groups -OCH3 is 1. The summed E-state index contributed by atoms with van der Waals surface area (Å²) in [5.74, 6) is 0.704. The van der Waals surface area contributed by atoms with Gasteiger partial charge in [0, 0.05) is 6.42 Å². The summed E-state index contributed by atoms with van der Waals surface area (Å²) < 4.78 is 5.03. The van der Waals surface area contributed by atoms with Crippen molar-refractivity contribution in [1.29, 1.82) is 5.26 Å². The average Bonchev–Trinajstić information content (AvgIpc) is 2.34. The highest BCUT2D eigenvalue weighted by molar-refractivity contribution is 5.76. The molecule has 84 valence electrons. The number of hydrogen-bond acceptors (Lipinski definition) is 3. The Kier molecular flexibility index (Phi) is 4.87. The molecule has 0 radical (unpaired) electrons. The van der Waals surface area contributed by atoms with Crippen LogP contribution in [-0.2, 0) is 11.2 Å². The topological polar surface area (TPSA) is 62.1 Å². The number of nitriles is 1. The number of benzene rings is 1. The minimum absolute atomic E-state index is 0.0709. The van der Waals surface area contributed by atoms with E-state index in [1.807, 2.05) is 30.3 Å². The Hall–Kier alpha value is -2.02. The fraction of sp³-hybridized carbons (Fsp3) is 0.333. The van der Waals surface area contributed by atoms with Crippen LogP contribution in [0, 0.1) is 11.3 Å². The van der Waals surface area contributed by atoms with Crippen molar-refractivity contribution in [3.05, 3.63) is 29.8 Å². The molecule has 4 nitrogen and oxygen atoms in total. The number of amides is 1. The first-order valence-corrected chi connectivity index (χ1v) is 5.03. The Morgan fingerprint density at radius 1 is 1.44 bits per heavy atom. The lowest BCUT2D eigenvalue weighted by molar-refractivity contribution is -0.120. The summed E-state index contributed by atoms with van der Waals surface area (Å²) in [6, 6.07) is 9.44. The van der Waals surface area contributed by atoms with Crippen molar-refractivity contribution in [2.75, 3.05) is 13.7 Å². The van der Waals surface area contributed by atoms with Crippen molar-refractivity contribution < 1.29 is 9.53 Å². The van der Waals surface area contributed by atoms with E-state index < -0.39 is 0 Å². The molecule has 1 rings (SSSR count). The fourth-order valence-corrected chi connectivity index (χ4v) is 1.28. The SMILES string of the molecule is COc1ccc(CCC(=O)NCC#N)cc1. The molecule has 1 aromatic rings. The van der Waals surface area contributed by atoms with Gasteiger partial charge in [-0.1, -0.05) is 12.1 Å². The molecule has 0 bridgehead atoms. The second-order valence-corrected chi connectivity index (χ2v) is 3.28. The maximum absolute atomic E-state index is 11.2. The first kappa shape index (κ1) is 12.1. The van der Waals surface area contributed by atoms with Crippen LogP contribution < -0.4 is 10.1 Å². The molecule has 0 spiro atoms. The average molecular weight is 218 g/mol. The van der Waals surface area contributed by atoms with Gasteiger partial charge >= 0.3 is 0 Å². The van der Waals surface area contributed by atoms with Crippen LogP contribution in [0.5, 0.6) is 5.75 Å². The third-order valence-electron chi connectivity index (χ3n) is 2.16. The first-order chi connectivity index (χ1) is 7.76. The number of ether oxygens (including phenoxy) is 1. The minimum Gasteiger partial charge on any atom is -0.497 e. The molecular weight excluding hydrogens is 204 g/mol. The van der Waals surface area contributed by atoms with Gasteiger partial charge in [0.1, 0.15) is 12.3 Å². The summed E-state index contributed by atoms with van der Waals surface area (Å²) in [7, 11) is 1.62. The van der Waals surface area contributed by atoms with Crippen LogP contribution in [0.15, 0.2) is 24.3 Å². The molecule has 1 amide bonds. The van der Waals surface area contributed by atoms with Crippen LogP contribution in [0.2, 0.25) is 0 Å². The maximum atomic E-state index is 11.2. The van der Waals surface area contributed by atoms with Gasteiger partial charge in [-0.15, -0.1) is 0 Å². The number of carbonyl (C=O) groups is 1. The molecule has 0 atom stereocenters. The van der Waals surface area contributed by atoms with Crippen molar-refractivity contribution in [2.45, 2.75) is 12.8 Å². The third kappa shape index (κ3) is 4.01. The molecule has 0 saturated heterocycles. The lowest BCUT2D eigenvalue weighted by Gasteiger charge is -2.03. The molecular formula is C12H14N2O2. The quantitative estimate of drug-likeness (QED) is 0.757. The molecule has 1 aromatic carbocycles. The molecule has 1 N–H and O–H groups in total. The molecule has 0 aliphatic heterocycles. The molecule has 0 saturated carbocycles. The highest BCUT2D eigenvalue weighted by Gasteiger charge is 2.01. The van der Waals surface area contributed by atoms with Gasteiger partial charge in [-0.25, -0.2) is 0 Å². The van der Waals surface area contributed by atoms with Gasteiger partial charge in [0.15, 0.2) is 0 Å². The summed E-state index contributed by atoms with van der Waals surface area (Å²) in [4.78, 5) is 11.2. The second kappa shape index (κ2) is 6.46. The molecule has 16 heavy (non-hydrogen) atoms. The zero-order valence-corrected chi connectivity index (χ0v) is 9.19. The largest absolute Gasteiger partial charge is 0.497 e. The number of rotatable bonds is 5. The van der Waals surface area contributed by atoms with Crippen LogP contribution in [0.25, 0.3) is 0 Å². The number of nitrogens with one attached hydrogen (secondary N) is 1. The highest BCUT2D eigenvalue weighted by Crippen LogP contribution is 2.12. The van der Waals surface area contributed by atoms with Gasteiger partial charge < -0.3 is 10.1 Å². The van der Waals surface area contributed by atoms with E-state index in [2.05, 4.69) is 5.32 Å². The van der Waals surface area contributed by atoms with E-state index >= 15 is 0 Å². The Bertz CT molecular complexity index is 379. The summed E-state index contributed by atoms with van der Waals surface area (Å²) in [6.07, 6.45) is 1.06.